The number of amides is 2. The lowest BCUT2D eigenvalue weighted by atomic mass is 9.94. The van der Waals surface area contributed by atoms with Crippen molar-refractivity contribution in [1.82, 2.24) is 20.1 Å². The first kappa shape index (κ1) is 16.4. The van der Waals surface area contributed by atoms with Crippen LogP contribution in [0.4, 0.5) is 5.13 Å². The van der Waals surface area contributed by atoms with Crippen LogP contribution in [0.1, 0.15) is 39.1 Å². The molecule has 0 saturated carbocycles. The highest BCUT2D eigenvalue weighted by atomic mass is 32.1. The number of carbonyl (C=O) groups is 2. The van der Waals surface area contributed by atoms with Crippen molar-refractivity contribution in [3.05, 3.63) is 28.5 Å². The first-order valence-electron chi connectivity index (χ1n) is 7.90. The molecule has 24 heavy (non-hydrogen) atoms. The van der Waals surface area contributed by atoms with Crippen molar-refractivity contribution in [3.63, 3.8) is 0 Å². The van der Waals surface area contributed by atoms with Crippen molar-refractivity contribution >= 4 is 28.3 Å². The molecule has 0 fully saturated rings. The van der Waals surface area contributed by atoms with Gasteiger partial charge in [-0.2, -0.15) is 5.10 Å². The summed E-state index contributed by atoms with van der Waals surface area (Å²) in [7, 11) is 0. The average molecular weight is 348 g/mol. The van der Waals surface area contributed by atoms with Gasteiger partial charge in [0.2, 0.25) is 0 Å². The van der Waals surface area contributed by atoms with Crippen LogP contribution < -0.4 is 16.4 Å². The zero-order valence-corrected chi connectivity index (χ0v) is 14.2. The van der Waals surface area contributed by atoms with Gasteiger partial charge in [-0.05, 0) is 25.7 Å². The monoisotopic (exact) mass is 348 g/mol. The quantitative estimate of drug-likeness (QED) is 0.716. The number of fused-ring (bicyclic) bond motifs is 1. The highest BCUT2D eigenvalue weighted by Crippen LogP contribution is 2.23. The molecule has 1 atom stereocenters. The second kappa shape index (κ2) is 7.00. The van der Waals surface area contributed by atoms with Crippen molar-refractivity contribution in [2.75, 3.05) is 18.4 Å². The fraction of sp³-hybridized carbons (Fsp3) is 0.467. The smallest absolute Gasteiger partial charge is 0.263 e. The summed E-state index contributed by atoms with van der Waals surface area (Å²) in [6, 6.07) is 0. The summed E-state index contributed by atoms with van der Waals surface area (Å²) in [6.07, 6.45) is 4.69. The highest BCUT2D eigenvalue weighted by Gasteiger charge is 2.24. The van der Waals surface area contributed by atoms with E-state index in [-0.39, 0.29) is 11.8 Å². The van der Waals surface area contributed by atoms with Gasteiger partial charge in [0.15, 0.2) is 5.13 Å². The predicted octanol–water partition coefficient (Wildman–Crippen LogP) is 0.863. The molecule has 9 heteroatoms. The van der Waals surface area contributed by atoms with E-state index in [0.717, 1.165) is 30.3 Å². The number of nitrogens with zero attached hydrogens (tertiary/aromatic N) is 3. The van der Waals surface area contributed by atoms with Crippen LogP contribution >= 0.6 is 11.3 Å². The van der Waals surface area contributed by atoms with Crippen molar-refractivity contribution in [2.45, 2.75) is 26.3 Å². The van der Waals surface area contributed by atoms with Crippen molar-refractivity contribution in [2.24, 2.45) is 11.7 Å². The minimum atomic E-state index is -0.457. The van der Waals surface area contributed by atoms with E-state index in [9.17, 15) is 9.59 Å². The number of aromatic nitrogens is 3. The van der Waals surface area contributed by atoms with E-state index in [0.29, 0.717) is 23.4 Å². The van der Waals surface area contributed by atoms with E-state index in [1.807, 2.05) is 11.6 Å². The molecule has 0 spiro atoms. The third-order valence-electron chi connectivity index (χ3n) is 4.05. The first-order valence-corrected chi connectivity index (χ1v) is 8.72. The second-order valence-corrected chi connectivity index (χ2v) is 6.75. The van der Waals surface area contributed by atoms with Crippen molar-refractivity contribution in [3.8, 4) is 0 Å². The maximum absolute atomic E-state index is 12.2. The van der Waals surface area contributed by atoms with Gasteiger partial charge in [0, 0.05) is 19.6 Å². The van der Waals surface area contributed by atoms with Gasteiger partial charge in [-0.3, -0.25) is 14.3 Å². The maximum Gasteiger partial charge on any atom is 0.263 e. The molecule has 1 aliphatic rings. The minimum absolute atomic E-state index is 0.120. The maximum atomic E-state index is 12.2. The van der Waals surface area contributed by atoms with Crippen LogP contribution in [0.3, 0.4) is 0 Å². The summed E-state index contributed by atoms with van der Waals surface area (Å²) in [4.78, 5) is 28.4. The summed E-state index contributed by atoms with van der Waals surface area (Å²) in [5.41, 5.74) is 6.72. The number of aryl methyl sites for hydroxylation is 1. The van der Waals surface area contributed by atoms with Gasteiger partial charge < -0.3 is 16.4 Å². The largest absolute Gasteiger partial charge is 0.365 e. The molecule has 0 radical (unpaired) electrons. The predicted molar refractivity (Wildman–Crippen MR) is 91.2 cm³/mol. The molecule has 0 aromatic carbocycles. The number of nitrogens with two attached hydrogens (primary N) is 1. The van der Waals surface area contributed by atoms with Gasteiger partial charge in [0.1, 0.15) is 4.88 Å². The lowest BCUT2D eigenvalue weighted by Crippen LogP contribution is -2.33. The molecule has 3 heterocycles. The Morgan fingerprint density at radius 1 is 1.46 bits per heavy atom. The van der Waals surface area contributed by atoms with E-state index in [1.54, 1.807) is 6.20 Å². The number of thiazole rings is 1. The molecule has 3 rings (SSSR count). The topological polar surface area (TPSA) is 115 Å². The van der Waals surface area contributed by atoms with Crippen molar-refractivity contribution < 1.29 is 9.59 Å². The van der Waals surface area contributed by atoms with Crippen LogP contribution in [0.25, 0.3) is 0 Å². The Kier molecular flexibility index (Phi) is 4.79. The third-order valence-corrected chi connectivity index (χ3v) is 5.01. The summed E-state index contributed by atoms with van der Waals surface area (Å²) >= 11 is 1.34. The van der Waals surface area contributed by atoms with Gasteiger partial charge in [0.05, 0.1) is 23.7 Å². The van der Waals surface area contributed by atoms with Crippen LogP contribution in [-0.2, 0) is 13.0 Å². The number of hydrogen-bond donors (Lipinski definition) is 3. The molecule has 2 aromatic rings. The zero-order valence-electron chi connectivity index (χ0n) is 13.4. The Bertz CT molecular complexity index is 753. The lowest BCUT2D eigenvalue weighted by Gasteiger charge is -2.24. The Morgan fingerprint density at radius 3 is 3.04 bits per heavy atom. The molecule has 128 valence electrons. The standard InChI is InChI=1S/C15H20N6O2S/c1-2-17-15-19-8-12(24-15)14(23)18-6-9-3-4-21-11(5-9)10(7-20-21)13(16)22/h7-9H,2-6H2,1H3,(H2,16,22)(H,17,19)(H,18,23). The Balaban J connectivity index is 1.58. The van der Waals surface area contributed by atoms with Gasteiger partial charge in [-0.1, -0.05) is 11.3 Å². The number of carbonyl (C=O) groups excluding carboxylic acids is 2. The van der Waals surface area contributed by atoms with Gasteiger partial charge in [-0.15, -0.1) is 0 Å². The summed E-state index contributed by atoms with van der Waals surface area (Å²) in [5, 5.41) is 11.0. The van der Waals surface area contributed by atoms with Crippen LogP contribution in [0.15, 0.2) is 12.4 Å². The molecule has 8 nitrogen and oxygen atoms in total. The van der Waals surface area contributed by atoms with Crippen molar-refractivity contribution in [1.29, 1.82) is 0 Å². The van der Waals surface area contributed by atoms with E-state index in [2.05, 4.69) is 20.7 Å². The van der Waals surface area contributed by atoms with E-state index >= 15 is 0 Å². The normalized spacial score (nSPS) is 16.5. The van der Waals surface area contributed by atoms with E-state index in [1.165, 1.54) is 17.5 Å². The average Bonchev–Trinajstić information content (AvgIpc) is 3.19. The second-order valence-electron chi connectivity index (χ2n) is 5.72. The fourth-order valence-corrected chi connectivity index (χ4v) is 3.62. The number of primary amides is 1. The zero-order chi connectivity index (χ0) is 17.1. The van der Waals surface area contributed by atoms with Gasteiger partial charge in [0.25, 0.3) is 11.8 Å². The molecular formula is C15H20N6O2S. The number of nitrogens with one attached hydrogen (secondary N) is 2. The van der Waals surface area contributed by atoms with Crippen LogP contribution in [0.5, 0.6) is 0 Å². The first-order chi connectivity index (χ1) is 11.6. The van der Waals surface area contributed by atoms with Crippen LogP contribution in [-0.4, -0.2) is 39.7 Å². The molecule has 0 aliphatic carbocycles. The number of rotatable bonds is 6. The fourth-order valence-electron chi connectivity index (χ4n) is 2.82. The molecule has 0 saturated heterocycles. The Hall–Kier alpha value is -2.42. The molecule has 1 unspecified atom stereocenters. The lowest BCUT2D eigenvalue weighted by molar-refractivity contribution is 0.0945. The molecule has 1 aliphatic heterocycles. The third kappa shape index (κ3) is 3.40. The molecule has 2 amide bonds. The Morgan fingerprint density at radius 2 is 2.29 bits per heavy atom. The number of anilines is 1. The number of hydrogen-bond acceptors (Lipinski definition) is 6. The summed E-state index contributed by atoms with van der Waals surface area (Å²) < 4.78 is 1.82. The van der Waals surface area contributed by atoms with Gasteiger partial charge >= 0.3 is 0 Å². The van der Waals surface area contributed by atoms with Gasteiger partial charge in [-0.25, -0.2) is 4.98 Å². The van der Waals surface area contributed by atoms with Crippen LogP contribution in [0, 0.1) is 5.92 Å². The minimum Gasteiger partial charge on any atom is -0.365 e. The molecule has 0 bridgehead atoms. The highest BCUT2D eigenvalue weighted by molar-refractivity contribution is 7.17. The summed E-state index contributed by atoms with van der Waals surface area (Å²) in [6.45, 7) is 4.03. The SMILES string of the molecule is CCNc1ncc(C(=O)NCC2CCn3ncc(C(N)=O)c3C2)s1. The summed E-state index contributed by atoms with van der Waals surface area (Å²) in [5.74, 6) is -0.315. The molecular weight excluding hydrogens is 328 g/mol. The van der Waals surface area contributed by atoms with E-state index in [4.69, 9.17) is 5.73 Å². The van der Waals surface area contributed by atoms with Crippen LogP contribution in [0.2, 0.25) is 0 Å². The van der Waals surface area contributed by atoms with E-state index < -0.39 is 5.91 Å². The Labute approximate surface area is 143 Å². The molecule has 4 N–H and O–H groups in total. The molecule has 2 aromatic heterocycles.